The van der Waals surface area contributed by atoms with Crippen molar-refractivity contribution in [2.75, 3.05) is 43.8 Å². The van der Waals surface area contributed by atoms with Crippen LogP contribution in [0.3, 0.4) is 0 Å². The van der Waals surface area contributed by atoms with Crippen LogP contribution >= 0.6 is 0 Å². The first kappa shape index (κ1) is 30.8. The van der Waals surface area contributed by atoms with Crippen LogP contribution in [0, 0.1) is 11.6 Å². The van der Waals surface area contributed by atoms with E-state index in [1.807, 2.05) is 4.90 Å². The number of amides is 2. The number of carbonyl (C=O) groups excluding carboxylic acids is 3. The van der Waals surface area contributed by atoms with Crippen LogP contribution in [0.25, 0.3) is 0 Å². The van der Waals surface area contributed by atoms with Crippen molar-refractivity contribution in [2.24, 2.45) is 5.73 Å². The van der Waals surface area contributed by atoms with E-state index in [-0.39, 0.29) is 35.8 Å². The molecule has 8 nitrogen and oxygen atoms in total. The Bertz CT molecular complexity index is 1350. The van der Waals surface area contributed by atoms with Crippen LogP contribution in [0.1, 0.15) is 53.6 Å². The summed E-state index contributed by atoms with van der Waals surface area (Å²) in [6, 6.07) is 17.0. The lowest BCUT2D eigenvalue weighted by molar-refractivity contribution is -0.127. The van der Waals surface area contributed by atoms with Crippen molar-refractivity contribution in [3.8, 4) is 0 Å². The van der Waals surface area contributed by atoms with Gasteiger partial charge in [0.05, 0.1) is 12.2 Å². The van der Waals surface area contributed by atoms with Gasteiger partial charge in [-0.3, -0.25) is 24.2 Å². The Balaban J connectivity index is 1.31. The summed E-state index contributed by atoms with van der Waals surface area (Å²) in [5.41, 5.74) is 14.6. The lowest BCUT2D eigenvalue weighted by Gasteiger charge is -2.39. The van der Waals surface area contributed by atoms with Crippen molar-refractivity contribution in [2.45, 2.75) is 38.1 Å². The standard InChI is InChI=1S/C32H37F2N5O3/c1-21(40)28-18-26(35)13-14-29(28)37-31(41)20-38-16-17-39(30(19-38)32(36)42)15-3-2-4-27(22-5-9-24(33)10-6-22)23-7-11-25(34)12-8-23/h5-14,18,27,30H,2-4,15-17,19-20,35H2,1H3,(H2,36,42)(H,37,41). The van der Waals surface area contributed by atoms with Gasteiger partial charge in [0, 0.05) is 36.8 Å². The molecule has 1 unspecified atom stereocenters. The van der Waals surface area contributed by atoms with Crippen molar-refractivity contribution >= 4 is 29.0 Å². The third-order valence-electron chi connectivity index (χ3n) is 7.70. The van der Waals surface area contributed by atoms with Crippen LogP contribution in [0.2, 0.25) is 0 Å². The molecule has 0 bridgehead atoms. The van der Waals surface area contributed by atoms with Crippen molar-refractivity contribution in [1.29, 1.82) is 0 Å². The van der Waals surface area contributed by atoms with Crippen LogP contribution in [-0.2, 0) is 9.59 Å². The molecule has 0 saturated carbocycles. The summed E-state index contributed by atoms with van der Waals surface area (Å²) in [4.78, 5) is 41.0. The number of carbonyl (C=O) groups is 3. The number of hydrogen-bond acceptors (Lipinski definition) is 6. The predicted molar refractivity (Wildman–Crippen MR) is 159 cm³/mol. The Hall–Kier alpha value is -4.15. The summed E-state index contributed by atoms with van der Waals surface area (Å²) in [7, 11) is 0. The van der Waals surface area contributed by atoms with Gasteiger partial charge in [-0.1, -0.05) is 30.7 Å². The number of halogens is 2. The molecule has 0 aliphatic carbocycles. The highest BCUT2D eigenvalue weighted by atomic mass is 19.1. The number of piperazine rings is 1. The first-order valence-electron chi connectivity index (χ1n) is 14.1. The molecule has 42 heavy (non-hydrogen) atoms. The molecule has 2 amide bonds. The summed E-state index contributed by atoms with van der Waals surface area (Å²) in [5, 5.41) is 2.78. The van der Waals surface area contributed by atoms with Gasteiger partial charge in [-0.05, 0) is 79.9 Å². The molecule has 3 aromatic carbocycles. The normalized spacial score (nSPS) is 16.0. The van der Waals surface area contributed by atoms with Gasteiger partial charge in [0.2, 0.25) is 11.8 Å². The van der Waals surface area contributed by atoms with E-state index < -0.39 is 11.9 Å². The summed E-state index contributed by atoms with van der Waals surface area (Å²) in [5.74, 6) is -1.59. The fourth-order valence-electron chi connectivity index (χ4n) is 5.49. The van der Waals surface area contributed by atoms with Gasteiger partial charge in [-0.25, -0.2) is 8.78 Å². The van der Waals surface area contributed by atoms with E-state index in [1.165, 1.54) is 37.3 Å². The second kappa shape index (κ2) is 14.2. The summed E-state index contributed by atoms with van der Waals surface area (Å²) >= 11 is 0. The molecular formula is C32H37F2N5O3. The Morgan fingerprint density at radius 2 is 1.55 bits per heavy atom. The molecule has 0 spiro atoms. The number of benzene rings is 3. The van der Waals surface area contributed by atoms with Crippen molar-refractivity contribution in [3.05, 3.63) is 95.1 Å². The molecule has 1 aliphatic rings. The zero-order valence-electron chi connectivity index (χ0n) is 23.7. The molecule has 1 aliphatic heterocycles. The topological polar surface area (TPSA) is 122 Å². The average Bonchev–Trinajstić information content (AvgIpc) is 2.95. The van der Waals surface area contributed by atoms with E-state index in [0.717, 1.165) is 30.4 Å². The second-order valence-corrected chi connectivity index (χ2v) is 10.8. The number of nitrogens with two attached hydrogens (primary N) is 2. The molecular weight excluding hydrogens is 540 g/mol. The average molecular weight is 578 g/mol. The number of anilines is 2. The molecule has 0 aromatic heterocycles. The fourth-order valence-corrected chi connectivity index (χ4v) is 5.49. The molecule has 1 atom stereocenters. The first-order valence-corrected chi connectivity index (χ1v) is 14.1. The molecule has 1 fully saturated rings. The van der Waals surface area contributed by atoms with Gasteiger partial charge in [-0.15, -0.1) is 0 Å². The van der Waals surface area contributed by atoms with E-state index in [1.54, 1.807) is 36.4 Å². The van der Waals surface area contributed by atoms with Crippen molar-refractivity contribution in [3.63, 3.8) is 0 Å². The molecule has 10 heteroatoms. The van der Waals surface area contributed by atoms with Crippen LogP contribution in [0.15, 0.2) is 66.7 Å². The number of nitrogen functional groups attached to an aromatic ring is 1. The van der Waals surface area contributed by atoms with Crippen LogP contribution in [0.4, 0.5) is 20.2 Å². The monoisotopic (exact) mass is 577 g/mol. The molecule has 5 N–H and O–H groups in total. The highest BCUT2D eigenvalue weighted by molar-refractivity contribution is 6.04. The lowest BCUT2D eigenvalue weighted by atomic mass is 9.87. The Kier molecular flexibility index (Phi) is 10.4. The fraction of sp³-hybridized carbons (Fsp3) is 0.344. The van der Waals surface area contributed by atoms with Gasteiger partial charge >= 0.3 is 0 Å². The Morgan fingerprint density at radius 1 is 0.929 bits per heavy atom. The number of nitrogens with zero attached hydrogens (tertiary/aromatic N) is 2. The maximum Gasteiger partial charge on any atom is 0.238 e. The molecule has 3 aromatic rings. The summed E-state index contributed by atoms with van der Waals surface area (Å²) in [6.45, 7) is 3.58. The van der Waals surface area contributed by atoms with Crippen LogP contribution in [-0.4, -0.2) is 66.2 Å². The second-order valence-electron chi connectivity index (χ2n) is 10.8. The van der Waals surface area contributed by atoms with Gasteiger partial charge in [-0.2, -0.15) is 0 Å². The Labute approximate surface area is 244 Å². The first-order chi connectivity index (χ1) is 20.1. The van der Waals surface area contributed by atoms with Gasteiger partial charge < -0.3 is 16.8 Å². The molecule has 1 heterocycles. The lowest BCUT2D eigenvalue weighted by Crippen LogP contribution is -2.59. The van der Waals surface area contributed by atoms with E-state index in [9.17, 15) is 23.2 Å². The number of primary amides is 1. The number of rotatable bonds is 12. The highest BCUT2D eigenvalue weighted by Gasteiger charge is 2.31. The van der Waals surface area contributed by atoms with Gasteiger partial charge in [0.25, 0.3) is 0 Å². The van der Waals surface area contributed by atoms with Crippen molar-refractivity contribution < 1.29 is 23.2 Å². The maximum absolute atomic E-state index is 13.5. The third kappa shape index (κ3) is 8.20. The number of hydrogen-bond donors (Lipinski definition) is 3. The summed E-state index contributed by atoms with van der Waals surface area (Å²) < 4.78 is 27.1. The Morgan fingerprint density at radius 3 is 2.12 bits per heavy atom. The van der Waals surface area contributed by atoms with E-state index in [0.29, 0.717) is 43.1 Å². The van der Waals surface area contributed by atoms with E-state index in [4.69, 9.17) is 11.5 Å². The number of unbranched alkanes of at least 4 members (excludes halogenated alkanes) is 1. The summed E-state index contributed by atoms with van der Waals surface area (Å²) in [6.07, 6.45) is 2.40. The van der Waals surface area contributed by atoms with E-state index >= 15 is 0 Å². The zero-order chi connectivity index (χ0) is 30.2. The van der Waals surface area contributed by atoms with Gasteiger partial charge in [0.1, 0.15) is 17.7 Å². The largest absolute Gasteiger partial charge is 0.399 e. The molecule has 1 saturated heterocycles. The highest BCUT2D eigenvalue weighted by Crippen LogP contribution is 2.30. The van der Waals surface area contributed by atoms with Crippen LogP contribution < -0.4 is 16.8 Å². The number of Topliss-reactive ketones (excluding diaryl/α,β-unsaturated/α-hetero) is 1. The third-order valence-corrected chi connectivity index (χ3v) is 7.70. The number of nitrogens with one attached hydrogen (secondary N) is 1. The predicted octanol–water partition coefficient (Wildman–Crippen LogP) is 4.16. The van der Waals surface area contributed by atoms with E-state index in [2.05, 4.69) is 10.2 Å². The van der Waals surface area contributed by atoms with Crippen LogP contribution in [0.5, 0.6) is 0 Å². The number of ketones is 1. The minimum Gasteiger partial charge on any atom is -0.399 e. The quantitative estimate of drug-likeness (QED) is 0.169. The smallest absolute Gasteiger partial charge is 0.238 e. The minimum absolute atomic E-state index is 0.0157. The van der Waals surface area contributed by atoms with Crippen molar-refractivity contribution in [1.82, 2.24) is 9.80 Å². The maximum atomic E-state index is 13.5. The molecule has 222 valence electrons. The van der Waals surface area contributed by atoms with Gasteiger partial charge in [0.15, 0.2) is 5.78 Å². The minimum atomic E-state index is -0.541. The SMILES string of the molecule is CC(=O)c1cc(N)ccc1NC(=O)CN1CCN(CCCCC(c2ccc(F)cc2)c2ccc(F)cc2)C(C(N)=O)C1. The zero-order valence-corrected chi connectivity index (χ0v) is 23.7. The molecule has 4 rings (SSSR count). The molecule has 0 radical (unpaired) electrons.